The molecule has 0 bridgehead atoms. The van der Waals surface area contributed by atoms with Gasteiger partial charge in [0.15, 0.2) is 0 Å². The SMILES string of the molecule is CC[C@@H](NC(=O)N1CCN(CC2CCCC2)CC1)c1ccccc1. The zero-order valence-corrected chi connectivity index (χ0v) is 14.9. The number of nitrogens with one attached hydrogen (secondary N) is 1. The van der Waals surface area contributed by atoms with E-state index in [-0.39, 0.29) is 12.1 Å². The Labute approximate surface area is 146 Å². The third kappa shape index (κ3) is 4.50. The molecule has 4 heteroatoms. The number of nitrogens with zero attached hydrogens (tertiary/aromatic N) is 2. The standard InChI is InChI=1S/C20H31N3O/c1-2-19(18-10-4-3-5-11-18)21-20(24)23-14-12-22(13-15-23)16-17-8-6-7-9-17/h3-5,10-11,17,19H,2,6-9,12-16H2,1H3,(H,21,24)/t19-/m1/s1. The zero-order chi connectivity index (χ0) is 16.8. The van der Waals surface area contributed by atoms with Crippen LogP contribution in [-0.2, 0) is 0 Å². The van der Waals surface area contributed by atoms with Crippen molar-refractivity contribution in [1.29, 1.82) is 0 Å². The van der Waals surface area contributed by atoms with Crippen molar-refractivity contribution < 1.29 is 4.79 Å². The topological polar surface area (TPSA) is 35.6 Å². The number of hydrogen-bond donors (Lipinski definition) is 1. The summed E-state index contributed by atoms with van der Waals surface area (Å²) in [6.07, 6.45) is 6.53. The maximum Gasteiger partial charge on any atom is 0.317 e. The molecule has 4 nitrogen and oxygen atoms in total. The summed E-state index contributed by atoms with van der Waals surface area (Å²) in [6, 6.07) is 10.5. The van der Waals surface area contributed by atoms with Crippen LogP contribution in [0.5, 0.6) is 0 Å². The Morgan fingerprint density at radius 2 is 1.79 bits per heavy atom. The lowest BCUT2D eigenvalue weighted by molar-refractivity contribution is 0.126. The summed E-state index contributed by atoms with van der Waals surface area (Å²) >= 11 is 0. The quantitative estimate of drug-likeness (QED) is 0.895. The van der Waals surface area contributed by atoms with Gasteiger partial charge in [0.2, 0.25) is 0 Å². The first kappa shape index (κ1) is 17.3. The van der Waals surface area contributed by atoms with Crippen molar-refractivity contribution in [2.45, 2.75) is 45.1 Å². The first-order chi connectivity index (χ1) is 11.8. The second kappa shape index (κ2) is 8.52. The molecule has 1 heterocycles. The van der Waals surface area contributed by atoms with Crippen LogP contribution in [0.15, 0.2) is 30.3 Å². The highest BCUT2D eigenvalue weighted by Gasteiger charge is 2.25. The third-order valence-electron chi connectivity index (χ3n) is 5.56. The van der Waals surface area contributed by atoms with Gasteiger partial charge in [-0.1, -0.05) is 50.1 Å². The van der Waals surface area contributed by atoms with E-state index < -0.39 is 0 Å². The van der Waals surface area contributed by atoms with Gasteiger partial charge in [-0.25, -0.2) is 4.79 Å². The molecular weight excluding hydrogens is 298 g/mol. The molecular formula is C20H31N3O. The summed E-state index contributed by atoms with van der Waals surface area (Å²) in [7, 11) is 0. The van der Waals surface area contributed by atoms with Crippen LogP contribution in [0, 0.1) is 5.92 Å². The van der Waals surface area contributed by atoms with E-state index in [0.717, 1.165) is 38.5 Å². The fraction of sp³-hybridized carbons (Fsp3) is 0.650. The van der Waals surface area contributed by atoms with Gasteiger partial charge < -0.3 is 10.2 Å². The van der Waals surface area contributed by atoms with E-state index in [2.05, 4.69) is 29.3 Å². The Balaban J connectivity index is 1.46. The highest BCUT2D eigenvalue weighted by molar-refractivity contribution is 5.74. The number of piperazine rings is 1. The van der Waals surface area contributed by atoms with Crippen molar-refractivity contribution in [2.75, 3.05) is 32.7 Å². The average molecular weight is 329 g/mol. The number of amides is 2. The van der Waals surface area contributed by atoms with Crippen LogP contribution in [0.4, 0.5) is 4.79 Å². The molecule has 0 radical (unpaired) electrons. The highest BCUT2D eigenvalue weighted by atomic mass is 16.2. The van der Waals surface area contributed by atoms with Gasteiger partial charge in [0.1, 0.15) is 0 Å². The van der Waals surface area contributed by atoms with Gasteiger partial charge in [-0.2, -0.15) is 0 Å². The molecule has 0 unspecified atom stereocenters. The summed E-state index contributed by atoms with van der Waals surface area (Å²) < 4.78 is 0. The summed E-state index contributed by atoms with van der Waals surface area (Å²) in [4.78, 5) is 17.1. The molecule has 1 aromatic rings. The van der Waals surface area contributed by atoms with E-state index in [1.165, 1.54) is 37.8 Å². The second-order valence-corrected chi connectivity index (χ2v) is 7.26. The molecule has 1 aliphatic heterocycles. The van der Waals surface area contributed by atoms with Crippen molar-refractivity contribution >= 4 is 6.03 Å². The van der Waals surface area contributed by atoms with Crippen molar-refractivity contribution in [3.8, 4) is 0 Å². The highest BCUT2D eigenvalue weighted by Crippen LogP contribution is 2.25. The first-order valence-corrected chi connectivity index (χ1v) is 9.59. The van der Waals surface area contributed by atoms with E-state index in [1.807, 2.05) is 23.1 Å². The van der Waals surface area contributed by atoms with Crippen LogP contribution >= 0.6 is 0 Å². The fourth-order valence-corrected chi connectivity index (χ4v) is 4.04. The molecule has 132 valence electrons. The zero-order valence-electron chi connectivity index (χ0n) is 14.9. The molecule has 1 aromatic carbocycles. The summed E-state index contributed by atoms with van der Waals surface area (Å²) in [6.45, 7) is 7.10. The Morgan fingerprint density at radius 1 is 1.12 bits per heavy atom. The average Bonchev–Trinajstić information content (AvgIpc) is 3.14. The predicted octanol–water partition coefficient (Wildman–Crippen LogP) is 3.66. The van der Waals surface area contributed by atoms with Gasteiger partial charge in [0, 0.05) is 32.7 Å². The van der Waals surface area contributed by atoms with Crippen LogP contribution in [0.2, 0.25) is 0 Å². The predicted molar refractivity (Wildman–Crippen MR) is 98.0 cm³/mol. The lowest BCUT2D eigenvalue weighted by atomic mass is 10.1. The maximum absolute atomic E-state index is 12.6. The lowest BCUT2D eigenvalue weighted by Crippen LogP contribution is -2.52. The fourth-order valence-electron chi connectivity index (χ4n) is 4.04. The molecule has 2 fully saturated rings. The molecule has 2 amide bonds. The van der Waals surface area contributed by atoms with E-state index >= 15 is 0 Å². The Bertz CT molecular complexity index is 505. The number of rotatable bonds is 5. The summed E-state index contributed by atoms with van der Waals surface area (Å²) in [5.41, 5.74) is 1.19. The third-order valence-corrected chi connectivity index (χ3v) is 5.56. The molecule has 1 aliphatic carbocycles. The molecule has 0 spiro atoms. The number of urea groups is 1. The van der Waals surface area contributed by atoms with Crippen LogP contribution < -0.4 is 5.32 Å². The number of hydrogen-bond acceptors (Lipinski definition) is 2. The normalized spacial score (nSPS) is 21.0. The Kier molecular flexibility index (Phi) is 6.13. The molecule has 0 aromatic heterocycles. The van der Waals surface area contributed by atoms with Gasteiger partial charge in [-0.15, -0.1) is 0 Å². The van der Waals surface area contributed by atoms with E-state index in [9.17, 15) is 4.79 Å². The number of benzene rings is 1. The molecule has 1 saturated carbocycles. The molecule has 1 saturated heterocycles. The van der Waals surface area contributed by atoms with Gasteiger partial charge in [-0.3, -0.25) is 4.90 Å². The lowest BCUT2D eigenvalue weighted by Gasteiger charge is -2.36. The van der Waals surface area contributed by atoms with Crippen LogP contribution in [0.25, 0.3) is 0 Å². The summed E-state index contributed by atoms with van der Waals surface area (Å²) in [5, 5.41) is 3.21. The molecule has 1 N–H and O–H groups in total. The number of carbonyl (C=O) groups is 1. The maximum atomic E-state index is 12.6. The van der Waals surface area contributed by atoms with Crippen molar-refractivity contribution in [2.24, 2.45) is 5.92 Å². The minimum atomic E-state index is 0.0891. The monoisotopic (exact) mass is 329 g/mol. The van der Waals surface area contributed by atoms with Crippen molar-refractivity contribution in [3.63, 3.8) is 0 Å². The first-order valence-electron chi connectivity index (χ1n) is 9.59. The Morgan fingerprint density at radius 3 is 2.42 bits per heavy atom. The van der Waals surface area contributed by atoms with Gasteiger partial charge in [-0.05, 0) is 30.7 Å². The van der Waals surface area contributed by atoms with Crippen molar-refractivity contribution in [3.05, 3.63) is 35.9 Å². The van der Waals surface area contributed by atoms with Crippen LogP contribution in [0.3, 0.4) is 0 Å². The summed E-state index contributed by atoms with van der Waals surface area (Å²) in [5.74, 6) is 0.896. The minimum Gasteiger partial charge on any atom is -0.331 e. The van der Waals surface area contributed by atoms with Crippen LogP contribution in [0.1, 0.15) is 50.6 Å². The van der Waals surface area contributed by atoms with Gasteiger partial charge in [0.05, 0.1) is 6.04 Å². The molecule has 3 rings (SSSR count). The molecule has 2 aliphatic rings. The van der Waals surface area contributed by atoms with Gasteiger partial charge >= 0.3 is 6.03 Å². The molecule has 24 heavy (non-hydrogen) atoms. The number of carbonyl (C=O) groups excluding carboxylic acids is 1. The van der Waals surface area contributed by atoms with E-state index in [4.69, 9.17) is 0 Å². The minimum absolute atomic E-state index is 0.0891. The van der Waals surface area contributed by atoms with E-state index in [0.29, 0.717) is 0 Å². The second-order valence-electron chi connectivity index (χ2n) is 7.26. The smallest absolute Gasteiger partial charge is 0.317 e. The van der Waals surface area contributed by atoms with Crippen LogP contribution in [-0.4, -0.2) is 48.6 Å². The molecule has 1 atom stereocenters. The van der Waals surface area contributed by atoms with Gasteiger partial charge in [0.25, 0.3) is 0 Å². The largest absolute Gasteiger partial charge is 0.331 e. The Hall–Kier alpha value is -1.55. The van der Waals surface area contributed by atoms with Crippen molar-refractivity contribution in [1.82, 2.24) is 15.1 Å². The van der Waals surface area contributed by atoms with E-state index in [1.54, 1.807) is 0 Å².